The molecule has 0 atom stereocenters. The van der Waals surface area contributed by atoms with Crippen LogP contribution in [0, 0.1) is 12.8 Å². The van der Waals surface area contributed by atoms with Gasteiger partial charge in [-0.2, -0.15) is 0 Å². The molecule has 25 heavy (non-hydrogen) atoms. The van der Waals surface area contributed by atoms with E-state index in [1.165, 1.54) is 49.4 Å². The summed E-state index contributed by atoms with van der Waals surface area (Å²) in [5, 5.41) is 12.4. The van der Waals surface area contributed by atoms with E-state index in [1.807, 2.05) is 29.8 Å². The summed E-state index contributed by atoms with van der Waals surface area (Å²) in [6.45, 7) is 2.88. The molecule has 0 bridgehead atoms. The van der Waals surface area contributed by atoms with Gasteiger partial charge in [0.1, 0.15) is 0 Å². The number of nitrogens with zero attached hydrogens (tertiary/aromatic N) is 3. The molecule has 1 saturated carbocycles. The van der Waals surface area contributed by atoms with E-state index in [2.05, 4.69) is 28.5 Å². The predicted octanol–water partition coefficient (Wildman–Crippen LogP) is 3.58. The van der Waals surface area contributed by atoms with Crippen LogP contribution in [0.2, 0.25) is 0 Å². The highest BCUT2D eigenvalue weighted by Crippen LogP contribution is 2.25. The summed E-state index contributed by atoms with van der Waals surface area (Å²) < 4.78 is 1.96. The molecule has 0 spiro atoms. The minimum atomic E-state index is 0.0796. The van der Waals surface area contributed by atoms with E-state index in [4.69, 9.17) is 0 Å². The molecule has 6 heteroatoms. The molecule has 5 nitrogen and oxygen atoms in total. The molecule has 1 aromatic heterocycles. The molecular weight excluding hydrogens is 332 g/mol. The molecule has 0 saturated heterocycles. The number of aromatic nitrogens is 3. The molecule has 1 fully saturated rings. The fourth-order valence-corrected chi connectivity index (χ4v) is 4.07. The van der Waals surface area contributed by atoms with Crippen LogP contribution in [0.15, 0.2) is 29.4 Å². The van der Waals surface area contributed by atoms with E-state index in [0.717, 1.165) is 23.1 Å². The van der Waals surface area contributed by atoms with Crippen molar-refractivity contribution in [2.24, 2.45) is 13.0 Å². The van der Waals surface area contributed by atoms with Crippen LogP contribution in [0.25, 0.3) is 11.4 Å². The second kappa shape index (κ2) is 8.52. The van der Waals surface area contributed by atoms with Crippen molar-refractivity contribution < 1.29 is 4.79 Å². The number of benzene rings is 1. The number of hydrogen-bond donors (Lipinski definition) is 1. The fraction of sp³-hybridized carbons (Fsp3) is 0.526. The number of aryl methyl sites for hydroxylation is 1. The molecule has 1 amide bonds. The lowest BCUT2D eigenvalue weighted by Crippen LogP contribution is -2.31. The lowest BCUT2D eigenvalue weighted by Gasteiger charge is -2.21. The lowest BCUT2D eigenvalue weighted by molar-refractivity contribution is -0.118. The SMILES string of the molecule is Cc1ccccc1-c1nnc(SCC(=O)NCC2CCCCC2)n1C. The maximum absolute atomic E-state index is 12.1. The van der Waals surface area contributed by atoms with Crippen LogP contribution >= 0.6 is 11.8 Å². The van der Waals surface area contributed by atoms with Crippen molar-refractivity contribution in [3.05, 3.63) is 29.8 Å². The van der Waals surface area contributed by atoms with E-state index in [0.29, 0.717) is 11.7 Å². The third-order valence-corrected chi connectivity index (χ3v) is 5.89. The summed E-state index contributed by atoms with van der Waals surface area (Å²) in [5.74, 6) is 1.95. The fourth-order valence-electron chi connectivity index (χ4n) is 3.33. The second-order valence-corrected chi connectivity index (χ2v) is 7.72. The highest BCUT2D eigenvalue weighted by atomic mass is 32.2. The van der Waals surface area contributed by atoms with Crippen molar-refractivity contribution in [2.75, 3.05) is 12.3 Å². The van der Waals surface area contributed by atoms with Crippen LogP contribution in [-0.2, 0) is 11.8 Å². The smallest absolute Gasteiger partial charge is 0.230 e. The van der Waals surface area contributed by atoms with Crippen LogP contribution in [-0.4, -0.2) is 33.0 Å². The highest BCUT2D eigenvalue weighted by Gasteiger charge is 2.16. The van der Waals surface area contributed by atoms with Crippen LogP contribution in [0.4, 0.5) is 0 Å². The third kappa shape index (κ3) is 4.63. The summed E-state index contributed by atoms with van der Waals surface area (Å²) in [5.41, 5.74) is 2.24. The summed E-state index contributed by atoms with van der Waals surface area (Å²) in [6.07, 6.45) is 6.44. The Morgan fingerprint density at radius 1 is 1.24 bits per heavy atom. The van der Waals surface area contributed by atoms with Crippen LogP contribution in [0.1, 0.15) is 37.7 Å². The minimum Gasteiger partial charge on any atom is -0.355 e. The molecule has 1 aliphatic rings. The van der Waals surface area contributed by atoms with Crippen molar-refractivity contribution >= 4 is 17.7 Å². The maximum atomic E-state index is 12.1. The summed E-state index contributed by atoms with van der Waals surface area (Å²) in [7, 11) is 1.95. The van der Waals surface area contributed by atoms with Crippen LogP contribution in [0.5, 0.6) is 0 Å². The zero-order chi connectivity index (χ0) is 17.6. The molecule has 2 aromatic rings. The van der Waals surface area contributed by atoms with Gasteiger partial charge >= 0.3 is 0 Å². The number of carbonyl (C=O) groups is 1. The molecule has 1 N–H and O–H groups in total. The Balaban J connectivity index is 1.53. The molecule has 3 rings (SSSR count). The number of rotatable bonds is 6. The number of thioether (sulfide) groups is 1. The monoisotopic (exact) mass is 358 g/mol. The van der Waals surface area contributed by atoms with Crippen molar-refractivity contribution in [3.63, 3.8) is 0 Å². The Morgan fingerprint density at radius 3 is 2.76 bits per heavy atom. The number of carbonyl (C=O) groups excluding carboxylic acids is 1. The average Bonchev–Trinajstić information content (AvgIpc) is 3.00. The Kier molecular flexibility index (Phi) is 6.13. The van der Waals surface area contributed by atoms with Gasteiger partial charge < -0.3 is 9.88 Å². The molecule has 1 aliphatic carbocycles. The predicted molar refractivity (Wildman–Crippen MR) is 101 cm³/mol. The summed E-state index contributed by atoms with van der Waals surface area (Å²) in [4.78, 5) is 12.1. The zero-order valence-corrected chi connectivity index (χ0v) is 15.8. The lowest BCUT2D eigenvalue weighted by atomic mass is 9.89. The van der Waals surface area contributed by atoms with Crippen molar-refractivity contribution in [1.82, 2.24) is 20.1 Å². The van der Waals surface area contributed by atoms with Gasteiger partial charge in [-0.25, -0.2) is 0 Å². The maximum Gasteiger partial charge on any atom is 0.230 e. The number of hydrogen-bond acceptors (Lipinski definition) is 4. The molecule has 0 radical (unpaired) electrons. The first kappa shape index (κ1) is 18.0. The van der Waals surface area contributed by atoms with E-state index in [-0.39, 0.29) is 5.91 Å². The van der Waals surface area contributed by atoms with Crippen LogP contribution < -0.4 is 5.32 Å². The van der Waals surface area contributed by atoms with E-state index in [9.17, 15) is 4.79 Å². The zero-order valence-electron chi connectivity index (χ0n) is 15.0. The van der Waals surface area contributed by atoms with Crippen molar-refractivity contribution in [1.29, 1.82) is 0 Å². The summed E-state index contributed by atoms with van der Waals surface area (Å²) in [6, 6.07) is 8.13. The van der Waals surface area contributed by atoms with E-state index >= 15 is 0 Å². The first-order valence-corrected chi connectivity index (χ1v) is 9.98. The van der Waals surface area contributed by atoms with Gasteiger partial charge in [0, 0.05) is 19.2 Å². The first-order valence-electron chi connectivity index (χ1n) is 9.00. The Hall–Kier alpha value is -1.82. The minimum absolute atomic E-state index is 0.0796. The first-order chi connectivity index (χ1) is 12.1. The standard InChI is InChI=1S/C19H26N4OS/c1-14-8-6-7-11-16(14)18-21-22-19(23(18)2)25-13-17(24)20-12-15-9-4-3-5-10-15/h6-8,11,15H,3-5,9-10,12-13H2,1-2H3,(H,20,24). The van der Waals surface area contributed by atoms with Gasteiger partial charge in [0.15, 0.2) is 11.0 Å². The van der Waals surface area contributed by atoms with Gasteiger partial charge in [-0.1, -0.05) is 55.3 Å². The van der Waals surface area contributed by atoms with Gasteiger partial charge in [-0.3, -0.25) is 4.79 Å². The number of amides is 1. The second-order valence-electron chi connectivity index (χ2n) is 6.78. The average molecular weight is 359 g/mol. The Labute approximate surface area is 153 Å². The number of nitrogens with one attached hydrogen (secondary N) is 1. The molecule has 0 unspecified atom stereocenters. The van der Waals surface area contributed by atoms with Crippen molar-refractivity contribution in [2.45, 2.75) is 44.2 Å². The topological polar surface area (TPSA) is 59.8 Å². The molecule has 1 heterocycles. The van der Waals surface area contributed by atoms with Gasteiger partial charge in [-0.05, 0) is 31.2 Å². The molecular formula is C19H26N4OS. The highest BCUT2D eigenvalue weighted by molar-refractivity contribution is 7.99. The molecule has 1 aromatic carbocycles. The Bertz CT molecular complexity index is 722. The normalized spacial score (nSPS) is 15.3. The summed E-state index contributed by atoms with van der Waals surface area (Å²) >= 11 is 1.44. The van der Waals surface area contributed by atoms with Crippen LogP contribution in [0.3, 0.4) is 0 Å². The van der Waals surface area contributed by atoms with E-state index in [1.54, 1.807) is 0 Å². The van der Waals surface area contributed by atoms with Gasteiger partial charge in [-0.15, -0.1) is 10.2 Å². The largest absolute Gasteiger partial charge is 0.355 e. The quantitative estimate of drug-likeness (QED) is 0.802. The Morgan fingerprint density at radius 2 is 2.00 bits per heavy atom. The van der Waals surface area contributed by atoms with E-state index < -0.39 is 0 Å². The third-order valence-electron chi connectivity index (χ3n) is 4.87. The molecule has 134 valence electrons. The van der Waals surface area contributed by atoms with Gasteiger partial charge in [0.2, 0.25) is 5.91 Å². The van der Waals surface area contributed by atoms with Gasteiger partial charge in [0.25, 0.3) is 0 Å². The molecule has 0 aliphatic heterocycles. The van der Waals surface area contributed by atoms with Gasteiger partial charge in [0.05, 0.1) is 5.75 Å². The van der Waals surface area contributed by atoms with Crippen molar-refractivity contribution in [3.8, 4) is 11.4 Å².